The average molecular weight is 397 g/mol. The molecule has 4 rings (SSSR count). The number of carbonyl (C=O) groups is 2. The predicted molar refractivity (Wildman–Crippen MR) is 108 cm³/mol. The van der Waals surface area contributed by atoms with Gasteiger partial charge in [-0.3, -0.25) is 19.7 Å². The molecule has 1 aromatic heterocycles. The van der Waals surface area contributed by atoms with E-state index in [-0.39, 0.29) is 10.5 Å². The van der Waals surface area contributed by atoms with Gasteiger partial charge < -0.3 is 4.57 Å². The number of fused-ring (bicyclic) bond motifs is 1. The van der Waals surface area contributed by atoms with E-state index in [1.807, 2.05) is 36.4 Å². The zero-order valence-electron chi connectivity index (χ0n) is 13.9. The minimum atomic E-state index is -0.445. The van der Waals surface area contributed by atoms with Crippen LogP contribution in [0, 0.1) is 0 Å². The highest BCUT2D eigenvalue weighted by Crippen LogP contribution is 2.28. The average Bonchev–Trinajstić information content (AvgIpc) is 2.97. The van der Waals surface area contributed by atoms with Crippen LogP contribution in [-0.4, -0.2) is 15.7 Å². The number of hydrogen-bond donors (Lipinski definition) is 1. The Bertz CT molecular complexity index is 1170. The van der Waals surface area contributed by atoms with Gasteiger partial charge in [0.1, 0.15) is 0 Å². The third-order valence-electron chi connectivity index (χ3n) is 4.23. The summed E-state index contributed by atoms with van der Waals surface area (Å²) in [5.41, 5.74) is 2.12. The van der Waals surface area contributed by atoms with Crippen LogP contribution >= 0.6 is 23.4 Å². The van der Waals surface area contributed by atoms with Crippen LogP contribution in [0.25, 0.3) is 17.0 Å². The zero-order chi connectivity index (χ0) is 19.0. The van der Waals surface area contributed by atoms with Crippen molar-refractivity contribution in [2.45, 2.75) is 6.54 Å². The molecule has 2 aromatic carbocycles. The van der Waals surface area contributed by atoms with Crippen LogP contribution < -0.4 is 10.9 Å². The number of thioether (sulfide) groups is 1. The lowest BCUT2D eigenvalue weighted by Crippen LogP contribution is -2.21. The number of carbonyl (C=O) groups excluding carboxylic acids is 2. The smallest absolute Gasteiger partial charge is 0.290 e. The van der Waals surface area contributed by atoms with E-state index in [4.69, 9.17) is 11.6 Å². The third-order valence-corrected chi connectivity index (χ3v) is 5.30. The van der Waals surface area contributed by atoms with Gasteiger partial charge in [-0.05, 0) is 47.2 Å². The molecular weight excluding hydrogens is 384 g/mol. The minimum absolute atomic E-state index is 0.190. The number of nitrogens with zero attached hydrogens (tertiary/aromatic N) is 1. The number of imide groups is 1. The van der Waals surface area contributed by atoms with Crippen LogP contribution in [0.4, 0.5) is 4.79 Å². The molecule has 0 spiro atoms. The zero-order valence-corrected chi connectivity index (χ0v) is 15.5. The van der Waals surface area contributed by atoms with Gasteiger partial charge in [0.25, 0.3) is 16.7 Å². The standard InChI is InChI=1S/C20H13ClN2O3S/c21-14-7-5-12(6-8-14)11-23-16-4-2-1-3-15(16)13(10-18(23)24)9-17-19(25)22-20(26)27-17/h1-10H,11H2,(H,22,25,26). The Balaban J connectivity index is 1.84. The number of halogens is 1. The second-order valence-corrected chi connectivity index (χ2v) is 7.47. The third kappa shape index (κ3) is 3.54. The van der Waals surface area contributed by atoms with Gasteiger partial charge in [-0.25, -0.2) is 0 Å². The first kappa shape index (κ1) is 17.6. The first-order chi connectivity index (χ1) is 13.0. The Labute approximate surface area is 163 Å². The molecule has 27 heavy (non-hydrogen) atoms. The number of pyridine rings is 1. The Kier molecular flexibility index (Phi) is 4.59. The molecule has 1 fully saturated rings. The summed E-state index contributed by atoms with van der Waals surface area (Å²) in [7, 11) is 0. The lowest BCUT2D eigenvalue weighted by molar-refractivity contribution is -0.115. The van der Waals surface area contributed by atoms with E-state index in [9.17, 15) is 14.4 Å². The van der Waals surface area contributed by atoms with Gasteiger partial charge in [-0.2, -0.15) is 0 Å². The topological polar surface area (TPSA) is 68.2 Å². The van der Waals surface area contributed by atoms with Gasteiger partial charge in [0, 0.05) is 16.5 Å². The van der Waals surface area contributed by atoms with Gasteiger partial charge in [-0.15, -0.1) is 0 Å². The summed E-state index contributed by atoms with van der Waals surface area (Å²) < 4.78 is 1.67. The van der Waals surface area contributed by atoms with E-state index in [1.54, 1.807) is 22.8 Å². The molecule has 0 radical (unpaired) electrons. The second kappa shape index (κ2) is 7.06. The Hall–Kier alpha value is -2.83. The molecule has 2 amide bonds. The maximum Gasteiger partial charge on any atom is 0.290 e. The van der Waals surface area contributed by atoms with E-state index >= 15 is 0 Å². The molecule has 1 aliphatic heterocycles. The number of nitrogens with one attached hydrogen (secondary N) is 1. The van der Waals surface area contributed by atoms with Crippen LogP contribution in [-0.2, 0) is 11.3 Å². The number of benzene rings is 2. The Morgan fingerprint density at radius 3 is 2.48 bits per heavy atom. The summed E-state index contributed by atoms with van der Waals surface area (Å²) in [6, 6.07) is 16.3. The van der Waals surface area contributed by atoms with Crippen molar-refractivity contribution in [2.24, 2.45) is 0 Å². The lowest BCUT2D eigenvalue weighted by atomic mass is 10.1. The highest BCUT2D eigenvalue weighted by Gasteiger charge is 2.25. The Morgan fingerprint density at radius 2 is 1.78 bits per heavy atom. The van der Waals surface area contributed by atoms with E-state index in [0.717, 1.165) is 28.2 Å². The summed E-state index contributed by atoms with van der Waals surface area (Å²) in [5, 5.41) is 3.27. The SMILES string of the molecule is O=C1NC(=O)C(=Cc2cc(=O)n(Cc3ccc(Cl)cc3)c3ccccc23)S1. The van der Waals surface area contributed by atoms with Crippen LogP contribution in [0.2, 0.25) is 5.02 Å². The summed E-state index contributed by atoms with van der Waals surface area (Å²) in [4.78, 5) is 36.3. The molecule has 134 valence electrons. The van der Waals surface area contributed by atoms with Crippen LogP contribution in [0.1, 0.15) is 11.1 Å². The molecule has 0 saturated carbocycles. The molecule has 2 heterocycles. The maximum absolute atomic E-state index is 12.8. The lowest BCUT2D eigenvalue weighted by Gasteiger charge is -2.12. The molecule has 1 aliphatic rings. The highest BCUT2D eigenvalue weighted by molar-refractivity contribution is 8.18. The molecule has 0 aliphatic carbocycles. The Morgan fingerprint density at radius 1 is 1.04 bits per heavy atom. The molecule has 1 N–H and O–H groups in total. The minimum Gasteiger partial charge on any atom is -0.304 e. The van der Waals surface area contributed by atoms with Gasteiger partial charge in [0.15, 0.2) is 0 Å². The summed E-state index contributed by atoms with van der Waals surface area (Å²) in [6.07, 6.45) is 1.58. The number of hydrogen-bond acceptors (Lipinski definition) is 4. The van der Waals surface area contributed by atoms with Gasteiger partial charge in [0.2, 0.25) is 0 Å². The fraction of sp³-hybridized carbons (Fsp3) is 0.0500. The van der Waals surface area contributed by atoms with Crippen molar-refractivity contribution in [1.29, 1.82) is 0 Å². The largest absolute Gasteiger partial charge is 0.304 e. The number of amides is 2. The molecule has 0 unspecified atom stereocenters. The summed E-state index contributed by atoms with van der Waals surface area (Å²) >= 11 is 6.76. The van der Waals surface area contributed by atoms with Crippen LogP contribution in [0.5, 0.6) is 0 Å². The summed E-state index contributed by atoms with van der Waals surface area (Å²) in [5.74, 6) is -0.445. The molecular formula is C20H13ClN2O3S. The van der Waals surface area contributed by atoms with Gasteiger partial charge in [0.05, 0.1) is 17.0 Å². The summed E-state index contributed by atoms with van der Waals surface area (Å²) in [6.45, 7) is 0.404. The van der Waals surface area contributed by atoms with Crippen molar-refractivity contribution in [3.63, 3.8) is 0 Å². The van der Waals surface area contributed by atoms with Crippen LogP contribution in [0.15, 0.2) is 64.3 Å². The number of aromatic nitrogens is 1. The number of rotatable bonds is 3. The van der Waals surface area contributed by atoms with Crippen molar-refractivity contribution in [2.75, 3.05) is 0 Å². The van der Waals surface area contributed by atoms with E-state index in [1.165, 1.54) is 6.07 Å². The molecule has 0 bridgehead atoms. The van der Waals surface area contributed by atoms with Gasteiger partial charge in [-0.1, -0.05) is 41.9 Å². The molecule has 1 saturated heterocycles. The molecule has 0 atom stereocenters. The van der Waals surface area contributed by atoms with E-state index in [0.29, 0.717) is 17.1 Å². The second-order valence-electron chi connectivity index (χ2n) is 6.02. The molecule has 7 heteroatoms. The fourth-order valence-corrected chi connectivity index (χ4v) is 3.78. The first-order valence-electron chi connectivity index (χ1n) is 8.13. The number of para-hydroxylation sites is 1. The maximum atomic E-state index is 12.8. The molecule has 5 nitrogen and oxygen atoms in total. The van der Waals surface area contributed by atoms with Crippen molar-refractivity contribution in [3.8, 4) is 0 Å². The van der Waals surface area contributed by atoms with Crippen LogP contribution in [0.3, 0.4) is 0 Å². The van der Waals surface area contributed by atoms with Crippen molar-refractivity contribution < 1.29 is 9.59 Å². The van der Waals surface area contributed by atoms with Crippen molar-refractivity contribution in [3.05, 3.63) is 86.0 Å². The normalized spacial score (nSPS) is 15.5. The van der Waals surface area contributed by atoms with E-state index < -0.39 is 11.1 Å². The quantitative estimate of drug-likeness (QED) is 0.679. The highest BCUT2D eigenvalue weighted by atomic mass is 35.5. The molecule has 3 aromatic rings. The van der Waals surface area contributed by atoms with Crippen molar-refractivity contribution in [1.82, 2.24) is 9.88 Å². The van der Waals surface area contributed by atoms with E-state index in [2.05, 4.69) is 5.32 Å². The monoisotopic (exact) mass is 396 g/mol. The first-order valence-corrected chi connectivity index (χ1v) is 9.32. The van der Waals surface area contributed by atoms with Gasteiger partial charge >= 0.3 is 0 Å². The predicted octanol–water partition coefficient (Wildman–Crippen LogP) is 4.03. The fourth-order valence-electron chi connectivity index (χ4n) is 2.98. The van der Waals surface area contributed by atoms with Crippen molar-refractivity contribution >= 4 is 51.5 Å².